The van der Waals surface area contributed by atoms with Gasteiger partial charge in [-0.25, -0.2) is 9.18 Å². The second-order valence-corrected chi connectivity index (χ2v) is 5.12. The van der Waals surface area contributed by atoms with Crippen LogP contribution in [0, 0.1) is 9.39 Å². The number of carboxylic acids is 1. The average molecular weight is 385 g/mol. The molecular formula is C14H9FINO3. The van der Waals surface area contributed by atoms with Crippen molar-refractivity contribution in [2.75, 3.05) is 5.32 Å². The number of benzene rings is 2. The summed E-state index contributed by atoms with van der Waals surface area (Å²) in [6.07, 6.45) is 0. The molecule has 0 aromatic heterocycles. The lowest BCUT2D eigenvalue weighted by Gasteiger charge is -2.07. The molecule has 4 nitrogen and oxygen atoms in total. The molecule has 2 rings (SSSR count). The van der Waals surface area contributed by atoms with Crippen molar-refractivity contribution in [1.82, 2.24) is 0 Å². The second kappa shape index (κ2) is 6.00. The molecular weight excluding hydrogens is 376 g/mol. The van der Waals surface area contributed by atoms with Crippen LogP contribution in [0.3, 0.4) is 0 Å². The largest absolute Gasteiger partial charge is 0.478 e. The Labute approximate surface area is 127 Å². The summed E-state index contributed by atoms with van der Waals surface area (Å²) in [6, 6.07) is 9.60. The number of amides is 1. The van der Waals surface area contributed by atoms with E-state index in [1.165, 1.54) is 42.5 Å². The molecule has 0 spiro atoms. The fourth-order valence-corrected chi connectivity index (χ4v) is 2.16. The molecule has 2 N–H and O–H groups in total. The van der Waals surface area contributed by atoms with Gasteiger partial charge in [-0.2, -0.15) is 0 Å². The van der Waals surface area contributed by atoms with E-state index in [0.29, 0.717) is 14.8 Å². The number of carbonyl (C=O) groups excluding carboxylic acids is 1. The van der Waals surface area contributed by atoms with Crippen LogP contribution in [0.15, 0.2) is 42.5 Å². The van der Waals surface area contributed by atoms with Crippen LogP contribution in [0.5, 0.6) is 0 Å². The van der Waals surface area contributed by atoms with E-state index in [9.17, 15) is 14.0 Å². The third kappa shape index (κ3) is 3.32. The highest BCUT2D eigenvalue weighted by Gasteiger charge is 2.10. The van der Waals surface area contributed by atoms with Gasteiger partial charge in [-0.1, -0.05) is 0 Å². The highest BCUT2D eigenvalue weighted by molar-refractivity contribution is 14.1. The van der Waals surface area contributed by atoms with E-state index in [0.717, 1.165) is 0 Å². The minimum atomic E-state index is -1.05. The molecule has 0 heterocycles. The fraction of sp³-hybridized carbons (Fsp3) is 0. The average Bonchev–Trinajstić information content (AvgIpc) is 2.42. The molecule has 0 atom stereocenters. The minimum absolute atomic E-state index is 0.109. The van der Waals surface area contributed by atoms with E-state index >= 15 is 0 Å². The van der Waals surface area contributed by atoms with Gasteiger partial charge in [-0.05, 0) is 65.1 Å². The molecule has 0 unspecified atom stereocenters. The highest BCUT2D eigenvalue weighted by Crippen LogP contribution is 2.20. The van der Waals surface area contributed by atoms with E-state index in [-0.39, 0.29) is 17.3 Å². The van der Waals surface area contributed by atoms with E-state index in [1.54, 1.807) is 0 Å². The summed E-state index contributed by atoms with van der Waals surface area (Å²) >= 11 is 1.92. The Morgan fingerprint density at radius 3 is 2.20 bits per heavy atom. The van der Waals surface area contributed by atoms with Crippen molar-refractivity contribution in [3.8, 4) is 0 Å². The van der Waals surface area contributed by atoms with Crippen LogP contribution in [0.1, 0.15) is 20.7 Å². The quantitative estimate of drug-likeness (QED) is 0.797. The predicted molar refractivity (Wildman–Crippen MR) is 80.5 cm³/mol. The molecule has 1 amide bonds. The van der Waals surface area contributed by atoms with Gasteiger partial charge in [0.25, 0.3) is 5.91 Å². The van der Waals surface area contributed by atoms with Crippen LogP contribution >= 0.6 is 22.6 Å². The second-order valence-electron chi connectivity index (χ2n) is 3.96. The van der Waals surface area contributed by atoms with Crippen molar-refractivity contribution in [1.29, 1.82) is 0 Å². The predicted octanol–water partition coefficient (Wildman–Crippen LogP) is 3.38. The molecule has 20 heavy (non-hydrogen) atoms. The summed E-state index contributed by atoms with van der Waals surface area (Å²) in [4.78, 5) is 22.7. The number of rotatable bonds is 3. The van der Waals surface area contributed by atoms with Gasteiger partial charge in [-0.15, -0.1) is 0 Å². The van der Waals surface area contributed by atoms with Crippen molar-refractivity contribution in [3.05, 3.63) is 63.0 Å². The Morgan fingerprint density at radius 1 is 1.05 bits per heavy atom. The van der Waals surface area contributed by atoms with Crippen LogP contribution in [0.2, 0.25) is 0 Å². The Morgan fingerprint density at radius 2 is 1.65 bits per heavy atom. The van der Waals surface area contributed by atoms with Crippen molar-refractivity contribution >= 4 is 40.2 Å². The molecule has 0 aliphatic rings. The zero-order valence-corrected chi connectivity index (χ0v) is 12.2. The van der Waals surface area contributed by atoms with Crippen molar-refractivity contribution in [2.45, 2.75) is 0 Å². The van der Waals surface area contributed by atoms with Gasteiger partial charge in [0.15, 0.2) is 0 Å². The molecule has 0 bridgehead atoms. The van der Waals surface area contributed by atoms with Gasteiger partial charge >= 0.3 is 5.97 Å². The number of aromatic carboxylic acids is 1. The van der Waals surface area contributed by atoms with Crippen molar-refractivity contribution in [3.63, 3.8) is 0 Å². The molecule has 0 aliphatic heterocycles. The standard InChI is InChI=1S/C14H9FINO3/c15-10-5-6-12(11(16)7-10)17-13(18)8-1-3-9(4-2-8)14(19)20/h1-7H,(H,17,18)(H,19,20). The first-order chi connectivity index (χ1) is 9.47. The summed E-state index contributed by atoms with van der Waals surface area (Å²) in [5.41, 5.74) is 0.937. The number of nitrogens with one attached hydrogen (secondary N) is 1. The molecule has 0 radical (unpaired) electrons. The lowest BCUT2D eigenvalue weighted by Crippen LogP contribution is -2.13. The topological polar surface area (TPSA) is 66.4 Å². The number of anilines is 1. The van der Waals surface area contributed by atoms with Gasteiger partial charge in [0.1, 0.15) is 5.82 Å². The molecule has 2 aromatic rings. The number of carboxylic acid groups (broad SMARTS) is 1. The van der Waals surface area contributed by atoms with Gasteiger partial charge in [-0.3, -0.25) is 4.79 Å². The Kier molecular flexibility index (Phi) is 4.33. The van der Waals surface area contributed by atoms with Crippen LogP contribution in [-0.4, -0.2) is 17.0 Å². The van der Waals surface area contributed by atoms with Gasteiger partial charge in [0, 0.05) is 9.13 Å². The van der Waals surface area contributed by atoms with E-state index < -0.39 is 5.97 Å². The maximum atomic E-state index is 13.0. The third-order valence-electron chi connectivity index (χ3n) is 2.57. The van der Waals surface area contributed by atoms with Gasteiger partial charge in [0.2, 0.25) is 0 Å². The normalized spacial score (nSPS) is 10.1. The van der Waals surface area contributed by atoms with Gasteiger partial charge in [0.05, 0.1) is 11.3 Å². The lowest BCUT2D eigenvalue weighted by molar-refractivity contribution is 0.0696. The highest BCUT2D eigenvalue weighted by atomic mass is 127. The summed E-state index contributed by atoms with van der Waals surface area (Å²) in [5, 5.41) is 11.4. The molecule has 0 fully saturated rings. The number of halogens is 2. The summed E-state index contributed by atoms with van der Waals surface area (Å²) in [5.74, 6) is -1.81. The van der Waals surface area contributed by atoms with E-state index in [2.05, 4.69) is 5.32 Å². The smallest absolute Gasteiger partial charge is 0.335 e. The van der Waals surface area contributed by atoms with Gasteiger partial charge < -0.3 is 10.4 Å². The number of hydrogen-bond donors (Lipinski definition) is 2. The first kappa shape index (κ1) is 14.4. The SMILES string of the molecule is O=C(O)c1ccc(C(=O)Nc2ccc(F)cc2I)cc1. The molecule has 2 aromatic carbocycles. The summed E-state index contributed by atoms with van der Waals surface area (Å²) < 4.78 is 13.5. The molecule has 0 saturated carbocycles. The summed E-state index contributed by atoms with van der Waals surface area (Å²) in [6.45, 7) is 0. The van der Waals surface area contributed by atoms with E-state index in [1.807, 2.05) is 22.6 Å². The van der Waals surface area contributed by atoms with E-state index in [4.69, 9.17) is 5.11 Å². The maximum Gasteiger partial charge on any atom is 0.335 e. The van der Waals surface area contributed by atoms with Crippen LogP contribution in [-0.2, 0) is 0 Å². The Bertz CT molecular complexity index is 671. The lowest BCUT2D eigenvalue weighted by atomic mass is 10.1. The van der Waals surface area contributed by atoms with Crippen LogP contribution in [0.25, 0.3) is 0 Å². The van der Waals surface area contributed by atoms with Crippen molar-refractivity contribution in [2.24, 2.45) is 0 Å². The Hall–Kier alpha value is -1.96. The zero-order chi connectivity index (χ0) is 14.7. The maximum absolute atomic E-state index is 13.0. The third-order valence-corrected chi connectivity index (χ3v) is 3.47. The Balaban J connectivity index is 2.17. The first-order valence-corrected chi connectivity index (χ1v) is 6.65. The molecule has 0 aliphatic carbocycles. The summed E-state index contributed by atoms with van der Waals surface area (Å²) in [7, 11) is 0. The van der Waals surface area contributed by atoms with Crippen LogP contribution < -0.4 is 5.32 Å². The van der Waals surface area contributed by atoms with Crippen molar-refractivity contribution < 1.29 is 19.1 Å². The molecule has 102 valence electrons. The zero-order valence-electron chi connectivity index (χ0n) is 10.1. The molecule has 0 saturated heterocycles. The first-order valence-electron chi connectivity index (χ1n) is 5.57. The number of hydrogen-bond acceptors (Lipinski definition) is 2. The molecule has 6 heteroatoms. The minimum Gasteiger partial charge on any atom is -0.478 e. The number of carbonyl (C=O) groups is 2. The van der Waals surface area contributed by atoms with Crippen LogP contribution in [0.4, 0.5) is 10.1 Å². The monoisotopic (exact) mass is 385 g/mol. The fourth-order valence-electron chi connectivity index (χ4n) is 1.55.